The Hall–Kier alpha value is -3.95. The second kappa shape index (κ2) is 10.7. The number of carboxylic acid groups (broad SMARTS) is 1. The van der Waals surface area contributed by atoms with E-state index in [1.165, 1.54) is 32.2 Å². The van der Waals surface area contributed by atoms with Crippen molar-refractivity contribution in [1.29, 1.82) is 0 Å². The third kappa shape index (κ3) is 6.38. The molecule has 4 rings (SSSR count). The van der Waals surface area contributed by atoms with Crippen LogP contribution in [0.5, 0.6) is 5.75 Å². The maximum absolute atomic E-state index is 13.4. The fourth-order valence-electron chi connectivity index (χ4n) is 4.19. The van der Waals surface area contributed by atoms with Crippen LogP contribution in [0.25, 0.3) is 11.4 Å². The van der Waals surface area contributed by atoms with Crippen LogP contribution in [0.1, 0.15) is 84.7 Å². The number of carbonyl (C=O) groups is 2. The number of nitrogens with one attached hydrogen (secondary N) is 1. The van der Waals surface area contributed by atoms with Crippen molar-refractivity contribution in [3.05, 3.63) is 76.6 Å². The molecule has 1 saturated carbocycles. The molecule has 1 aliphatic carbocycles. The fraction of sp³-hybridized carbons (Fsp3) is 0.379. The number of hydrogen-bond acceptors (Lipinski definition) is 5. The number of aromatic nitrogens is 2. The van der Waals surface area contributed by atoms with Gasteiger partial charge in [-0.15, -0.1) is 0 Å². The van der Waals surface area contributed by atoms with Gasteiger partial charge in [-0.3, -0.25) is 4.79 Å². The monoisotopic (exact) mass is 541 g/mol. The number of aliphatic carboxylic acids is 1. The average Bonchev–Trinajstić information content (AvgIpc) is 3.73. The van der Waals surface area contributed by atoms with E-state index in [2.05, 4.69) is 15.3 Å². The van der Waals surface area contributed by atoms with E-state index in [1.807, 2.05) is 13.0 Å². The second-order valence-electron chi connectivity index (χ2n) is 10.2. The van der Waals surface area contributed by atoms with Gasteiger partial charge in [-0.25, -0.2) is 14.8 Å². The van der Waals surface area contributed by atoms with Crippen molar-refractivity contribution in [2.24, 2.45) is 0 Å². The zero-order chi connectivity index (χ0) is 28.5. The van der Waals surface area contributed by atoms with E-state index in [-0.39, 0.29) is 29.3 Å². The van der Waals surface area contributed by atoms with Crippen molar-refractivity contribution in [2.75, 3.05) is 0 Å². The summed E-state index contributed by atoms with van der Waals surface area (Å²) in [5.74, 6) is -0.833. The van der Waals surface area contributed by atoms with E-state index in [9.17, 15) is 27.9 Å². The summed E-state index contributed by atoms with van der Waals surface area (Å²) in [4.78, 5) is 33.5. The minimum absolute atomic E-state index is 0.0506. The van der Waals surface area contributed by atoms with Crippen LogP contribution in [-0.2, 0) is 11.0 Å². The van der Waals surface area contributed by atoms with Crippen molar-refractivity contribution < 1.29 is 32.6 Å². The zero-order valence-electron chi connectivity index (χ0n) is 22.1. The van der Waals surface area contributed by atoms with E-state index < -0.39 is 23.3 Å². The average molecular weight is 542 g/mol. The lowest BCUT2D eigenvalue weighted by Crippen LogP contribution is -2.38. The number of alkyl halides is 3. The first-order valence-electron chi connectivity index (χ1n) is 12.7. The molecule has 1 atom stereocenters. The van der Waals surface area contributed by atoms with Crippen LogP contribution in [-0.4, -0.2) is 32.6 Å². The zero-order valence-corrected chi connectivity index (χ0v) is 22.1. The number of nitrogens with zero attached hydrogens (tertiary/aromatic N) is 2. The van der Waals surface area contributed by atoms with Gasteiger partial charge in [0.15, 0.2) is 11.4 Å². The molecule has 0 radical (unpaired) electrons. The number of ether oxygens (including phenoxy) is 1. The highest BCUT2D eigenvalue weighted by molar-refractivity contribution is 5.95. The molecule has 1 amide bonds. The molecular weight excluding hydrogens is 511 g/mol. The number of benzene rings is 2. The van der Waals surface area contributed by atoms with Crippen LogP contribution < -0.4 is 10.1 Å². The number of halogens is 3. The molecule has 2 N–H and O–H groups in total. The van der Waals surface area contributed by atoms with E-state index in [0.717, 1.165) is 36.1 Å². The van der Waals surface area contributed by atoms with Gasteiger partial charge >= 0.3 is 12.1 Å². The first-order chi connectivity index (χ1) is 18.3. The predicted molar refractivity (Wildman–Crippen MR) is 138 cm³/mol. The van der Waals surface area contributed by atoms with Gasteiger partial charge in [-0.2, -0.15) is 13.2 Å². The molecule has 1 aromatic heterocycles. The minimum atomic E-state index is -4.49. The van der Waals surface area contributed by atoms with Crippen molar-refractivity contribution in [1.82, 2.24) is 15.3 Å². The summed E-state index contributed by atoms with van der Waals surface area (Å²) in [6.45, 7) is 6.66. The van der Waals surface area contributed by atoms with E-state index in [0.29, 0.717) is 23.4 Å². The largest absolute Gasteiger partial charge is 0.478 e. The summed E-state index contributed by atoms with van der Waals surface area (Å²) in [5.41, 5.74) is 0.410. The first kappa shape index (κ1) is 28.1. The van der Waals surface area contributed by atoms with Crippen LogP contribution in [0, 0.1) is 6.92 Å². The Morgan fingerprint density at radius 2 is 1.87 bits per heavy atom. The number of aryl methyl sites for hydroxylation is 1. The van der Waals surface area contributed by atoms with E-state index in [1.54, 1.807) is 19.1 Å². The van der Waals surface area contributed by atoms with Gasteiger partial charge in [0.05, 0.1) is 22.9 Å². The summed E-state index contributed by atoms with van der Waals surface area (Å²) < 4.78 is 45.2. The van der Waals surface area contributed by atoms with Gasteiger partial charge < -0.3 is 15.2 Å². The molecule has 1 fully saturated rings. The number of hydrogen-bond donors (Lipinski definition) is 2. The van der Waals surface area contributed by atoms with Crippen molar-refractivity contribution in [3.63, 3.8) is 0 Å². The van der Waals surface area contributed by atoms with Gasteiger partial charge in [0.1, 0.15) is 5.75 Å². The summed E-state index contributed by atoms with van der Waals surface area (Å²) >= 11 is 0. The lowest BCUT2D eigenvalue weighted by molar-refractivity contribution is -0.152. The van der Waals surface area contributed by atoms with Crippen molar-refractivity contribution >= 4 is 11.9 Å². The fourth-order valence-corrected chi connectivity index (χ4v) is 4.19. The van der Waals surface area contributed by atoms with Gasteiger partial charge in [0.2, 0.25) is 0 Å². The summed E-state index contributed by atoms with van der Waals surface area (Å²) in [7, 11) is 0. The lowest BCUT2D eigenvalue weighted by atomic mass is 10.0. The molecule has 0 saturated heterocycles. The SMILES string of the molecule is CCC(NC(=O)c1cnc(-c2cccc(C(F)(F)F)c2)nc1C1CC1)c1ccc(OC(C)(C)C(=O)O)c(C)c1. The minimum Gasteiger partial charge on any atom is -0.478 e. The highest BCUT2D eigenvalue weighted by Gasteiger charge is 2.33. The van der Waals surface area contributed by atoms with Crippen LogP contribution in [0.3, 0.4) is 0 Å². The molecule has 10 heteroatoms. The van der Waals surface area contributed by atoms with Crippen molar-refractivity contribution in [2.45, 2.75) is 70.7 Å². The Bertz CT molecular complexity index is 1400. The topological polar surface area (TPSA) is 101 Å². The van der Waals surface area contributed by atoms with Crippen molar-refractivity contribution in [3.8, 4) is 17.1 Å². The molecule has 2 aromatic carbocycles. The summed E-state index contributed by atoms with van der Waals surface area (Å²) in [5, 5.41) is 12.4. The number of amides is 1. The molecule has 39 heavy (non-hydrogen) atoms. The molecule has 3 aromatic rings. The molecule has 206 valence electrons. The van der Waals surface area contributed by atoms with Gasteiger partial charge in [0.25, 0.3) is 5.91 Å². The number of carboxylic acids is 1. The molecular formula is C29H30F3N3O4. The van der Waals surface area contributed by atoms with Crippen LogP contribution in [0.2, 0.25) is 0 Å². The number of rotatable bonds is 9. The highest BCUT2D eigenvalue weighted by atomic mass is 19.4. The van der Waals surface area contributed by atoms with Crippen LogP contribution in [0.15, 0.2) is 48.7 Å². The molecule has 0 aliphatic heterocycles. The Kier molecular flexibility index (Phi) is 7.68. The van der Waals surface area contributed by atoms with Crippen LogP contribution >= 0.6 is 0 Å². The standard InChI is InChI=1S/C29H30F3N3O4/c1-5-22(18-11-12-23(16(2)13-18)39-28(3,4)27(37)38)34-26(36)21-15-33-25(35-24(21)17-9-10-17)19-7-6-8-20(14-19)29(30,31)32/h6-8,11-15,17,22H,5,9-10H2,1-4H3,(H,34,36)(H,37,38). The summed E-state index contributed by atoms with van der Waals surface area (Å²) in [6.07, 6.45) is -0.852. The third-order valence-corrected chi connectivity index (χ3v) is 6.67. The molecule has 0 bridgehead atoms. The molecule has 1 aliphatic rings. The summed E-state index contributed by atoms with van der Waals surface area (Å²) in [6, 6.07) is 9.78. The Morgan fingerprint density at radius 1 is 1.15 bits per heavy atom. The second-order valence-corrected chi connectivity index (χ2v) is 10.2. The van der Waals surface area contributed by atoms with E-state index >= 15 is 0 Å². The highest BCUT2D eigenvalue weighted by Crippen LogP contribution is 2.41. The van der Waals surface area contributed by atoms with Crippen LogP contribution in [0.4, 0.5) is 13.2 Å². The molecule has 7 nitrogen and oxygen atoms in total. The molecule has 0 spiro atoms. The number of carbonyl (C=O) groups excluding carboxylic acids is 1. The quantitative estimate of drug-likeness (QED) is 0.322. The molecule has 1 heterocycles. The Balaban J connectivity index is 1.57. The van der Waals surface area contributed by atoms with Gasteiger partial charge in [0, 0.05) is 17.7 Å². The maximum Gasteiger partial charge on any atom is 0.416 e. The predicted octanol–water partition coefficient (Wildman–Crippen LogP) is 6.47. The maximum atomic E-state index is 13.4. The lowest BCUT2D eigenvalue weighted by Gasteiger charge is -2.24. The molecule has 1 unspecified atom stereocenters. The first-order valence-corrected chi connectivity index (χ1v) is 12.7. The normalized spacial score (nSPS) is 14.5. The Labute approximate surface area is 224 Å². The van der Waals surface area contributed by atoms with E-state index in [4.69, 9.17) is 4.74 Å². The van der Waals surface area contributed by atoms with Gasteiger partial charge in [-0.05, 0) is 69.4 Å². The Morgan fingerprint density at radius 3 is 2.46 bits per heavy atom. The third-order valence-electron chi connectivity index (χ3n) is 6.67. The smallest absolute Gasteiger partial charge is 0.416 e. The van der Waals surface area contributed by atoms with Gasteiger partial charge in [-0.1, -0.05) is 31.2 Å².